The quantitative estimate of drug-likeness (QED) is 0.862. The summed E-state index contributed by atoms with van der Waals surface area (Å²) in [6.07, 6.45) is 3.44. The van der Waals surface area contributed by atoms with Crippen molar-refractivity contribution in [2.45, 2.75) is 49.8 Å². The fourth-order valence-electron chi connectivity index (χ4n) is 2.78. The standard InChI is InChI=1S/C15H24N2O3S2/c1-3-6-12(2)16-15(18)13-7-4-9-17(11-13)22(19,20)14-8-5-10-21-14/h5,8,10,12-13H,3-4,6-7,9,11H2,1-2H3,(H,16,18). The van der Waals surface area contributed by atoms with E-state index in [0.717, 1.165) is 25.7 Å². The maximum Gasteiger partial charge on any atom is 0.252 e. The Balaban J connectivity index is 2.01. The number of hydrogen-bond acceptors (Lipinski definition) is 4. The fraction of sp³-hybridized carbons (Fsp3) is 0.667. The highest BCUT2D eigenvalue weighted by Gasteiger charge is 2.33. The van der Waals surface area contributed by atoms with Gasteiger partial charge in [-0.15, -0.1) is 11.3 Å². The van der Waals surface area contributed by atoms with Crippen molar-refractivity contribution in [3.05, 3.63) is 17.5 Å². The molecule has 1 aliphatic rings. The van der Waals surface area contributed by atoms with Gasteiger partial charge in [-0.3, -0.25) is 4.79 Å². The number of piperidine rings is 1. The summed E-state index contributed by atoms with van der Waals surface area (Å²) in [7, 11) is -3.45. The SMILES string of the molecule is CCCC(C)NC(=O)C1CCCN(S(=O)(=O)c2cccs2)C1. The predicted molar refractivity (Wildman–Crippen MR) is 88.3 cm³/mol. The summed E-state index contributed by atoms with van der Waals surface area (Å²) in [5.41, 5.74) is 0. The molecule has 2 atom stereocenters. The smallest absolute Gasteiger partial charge is 0.252 e. The zero-order valence-corrected chi connectivity index (χ0v) is 14.8. The van der Waals surface area contributed by atoms with Crippen molar-refractivity contribution in [1.82, 2.24) is 9.62 Å². The zero-order chi connectivity index (χ0) is 16.2. The Morgan fingerprint density at radius 3 is 2.95 bits per heavy atom. The van der Waals surface area contributed by atoms with Crippen molar-refractivity contribution in [2.24, 2.45) is 5.92 Å². The Morgan fingerprint density at radius 2 is 2.32 bits per heavy atom. The highest BCUT2D eigenvalue weighted by molar-refractivity contribution is 7.91. The van der Waals surface area contributed by atoms with E-state index < -0.39 is 10.0 Å². The third-order valence-electron chi connectivity index (χ3n) is 3.95. The first-order valence-electron chi connectivity index (χ1n) is 7.79. The number of nitrogens with zero attached hydrogens (tertiary/aromatic N) is 1. The van der Waals surface area contributed by atoms with E-state index in [2.05, 4.69) is 12.2 Å². The second-order valence-electron chi connectivity index (χ2n) is 5.83. The molecule has 2 rings (SSSR count). The van der Waals surface area contributed by atoms with Crippen LogP contribution in [-0.2, 0) is 14.8 Å². The van der Waals surface area contributed by atoms with Gasteiger partial charge in [0.25, 0.3) is 10.0 Å². The fourth-order valence-corrected chi connectivity index (χ4v) is 5.45. The summed E-state index contributed by atoms with van der Waals surface area (Å²) in [6.45, 7) is 4.85. The summed E-state index contributed by atoms with van der Waals surface area (Å²) < 4.78 is 26.9. The molecule has 124 valence electrons. The van der Waals surface area contributed by atoms with Gasteiger partial charge in [-0.2, -0.15) is 4.31 Å². The zero-order valence-electron chi connectivity index (χ0n) is 13.1. The minimum Gasteiger partial charge on any atom is -0.353 e. The first-order valence-corrected chi connectivity index (χ1v) is 10.1. The maximum absolute atomic E-state index is 12.5. The molecule has 0 saturated carbocycles. The lowest BCUT2D eigenvalue weighted by Crippen LogP contribution is -2.46. The Hall–Kier alpha value is -0.920. The minimum absolute atomic E-state index is 0.0213. The molecular formula is C15H24N2O3S2. The summed E-state index contributed by atoms with van der Waals surface area (Å²) >= 11 is 1.22. The molecule has 2 heterocycles. The van der Waals surface area contributed by atoms with E-state index in [9.17, 15) is 13.2 Å². The van der Waals surface area contributed by atoms with Crippen LogP contribution in [0.5, 0.6) is 0 Å². The molecule has 0 bridgehead atoms. The normalized spacial score (nSPS) is 21.5. The van der Waals surface area contributed by atoms with Crippen LogP contribution in [0.25, 0.3) is 0 Å². The van der Waals surface area contributed by atoms with Crippen molar-refractivity contribution in [3.8, 4) is 0 Å². The second-order valence-corrected chi connectivity index (χ2v) is 8.95. The van der Waals surface area contributed by atoms with Gasteiger partial charge in [0.1, 0.15) is 4.21 Å². The molecule has 7 heteroatoms. The van der Waals surface area contributed by atoms with E-state index in [4.69, 9.17) is 0 Å². The summed E-state index contributed by atoms with van der Waals surface area (Å²) in [5, 5.41) is 4.76. The van der Waals surface area contributed by atoms with Crippen LogP contribution in [-0.4, -0.2) is 37.8 Å². The third kappa shape index (κ3) is 4.08. The van der Waals surface area contributed by atoms with Gasteiger partial charge in [0.15, 0.2) is 0 Å². The van der Waals surface area contributed by atoms with E-state index in [0.29, 0.717) is 10.8 Å². The van der Waals surface area contributed by atoms with E-state index in [1.165, 1.54) is 15.6 Å². The number of hydrogen-bond donors (Lipinski definition) is 1. The number of amides is 1. The molecule has 1 aliphatic heterocycles. The maximum atomic E-state index is 12.5. The number of nitrogens with one attached hydrogen (secondary N) is 1. The number of carbonyl (C=O) groups is 1. The molecule has 2 unspecified atom stereocenters. The van der Waals surface area contributed by atoms with E-state index in [-0.39, 0.29) is 24.4 Å². The summed E-state index contributed by atoms with van der Waals surface area (Å²) in [6, 6.07) is 3.49. The lowest BCUT2D eigenvalue weighted by atomic mass is 9.98. The molecule has 0 aromatic carbocycles. The van der Waals surface area contributed by atoms with Crippen LogP contribution in [0.2, 0.25) is 0 Å². The van der Waals surface area contributed by atoms with Crippen LogP contribution in [0.15, 0.2) is 21.7 Å². The summed E-state index contributed by atoms with van der Waals surface area (Å²) in [5.74, 6) is -0.269. The van der Waals surface area contributed by atoms with Gasteiger partial charge in [0.2, 0.25) is 5.91 Å². The molecule has 5 nitrogen and oxygen atoms in total. The van der Waals surface area contributed by atoms with Crippen LogP contribution in [0, 0.1) is 5.92 Å². The van der Waals surface area contributed by atoms with Gasteiger partial charge >= 0.3 is 0 Å². The summed E-state index contributed by atoms with van der Waals surface area (Å²) in [4.78, 5) is 12.3. The first kappa shape index (κ1) is 17.4. The monoisotopic (exact) mass is 344 g/mol. The van der Waals surface area contributed by atoms with Gasteiger partial charge in [-0.1, -0.05) is 19.4 Å². The van der Waals surface area contributed by atoms with Crippen LogP contribution in [0.4, 0.5) is 0 Å². The average Bonchev–Trinajstić information content (AvgIpc) is 3.02. The van der Waals surface area contributed by atoms with Gasteiger partial charge in [-0.05, 0) is 37.6 Å². The number of carbonyl (C=O) groups excluding carboxylic acids is 1. The molecule has 0 radical (unpaired) electrons. The molecular weight excluding hydrogens is 320 g/mol. The molecule has 1 aromatic heterocycles. The van der Waals surface area contributed by atoms with Crippen LogP contribution in [0.1, 0.15) is 39.5 Å². The lowest BCUT2D eigenvalue weighted by molar-refractivity contribution is -0.126. The van der Waals surface area contributed by atoms with E-state index in [1.807, 2.05) is 6.92 Å². The molecule has 1 aromatic rings. The van der Waals surface area contributed by atoms with Crippen molar-refractivity contribution in [2.75, 3.05) is 13.1 Å². The molecule has 1 amide bonds. The Labute approximate surface area is 136 Å². The molecule has 0 spiro atoms. The van der Waals surface area contributed by atoms with E-state index in [1.54, 1.807) is 17.5 Å². The minimum atomic E-state index is -3.45. The largest absolute Gasteiger partial charge is 0.353 e. The lowest BCUT2D eigenvalue weighted by Gasteiger charge is -2.31. The average molecular weight is 345 g/mol. The Bertz CT molecular complexity index is 584. The van der Waals surface area contributed by atoms with Gasteiger partial charge < -0.3 is 5.32 Å². The van der Waals surface area contributed by atoms with Crippen molar-refractivity contribution in [1.29, 1.82) is 0 Å². The molecule has 0 aliphatic carbocycles. The molecule has 22 heavy (non-hydrogen) atoms. The molecule has 1 N–H and O–H groups in total. The number of rotatable bonds is 6. The first-order chi connectivity index (χ1) is 10.4. The van der Waals surface area contributed by atoms with Gasteiger partial charge in [-0.25, -0.2) is 8.42 Å². The second kappa shape index (κ2) is 7.57. The number of thiophene rings is 1. The Morgan fingerprint density at radius 1 is 1.55 bits per heavy atom. The van der Waals surface area contributed by atoms with Crippen LogP contribution >= 0.6 is 11.3 Å². The van der Waals surface area contributed by atoms with Gasteiger partial charge in [0.05, 0.1) is 5.92 Å². The predicted octanol–water partition coefficient (Wildman–Crippen LogP) is 2.45. The van der Waals surface area contributed by atoms with Crippen molar-refractivity contribution >= 4 is 27.3 Å². The number of sulfonamides is 1. The van der Waals surface area contributed by atoms with Crippen molar-refractivity contribution in [3.63, 3.8) is 0 Å². The van der Waals surface area contributed by atoms with E-state index >= 15 is 0 Å². The third-order valence-corrected chi connectivity index (χ3v) is 7.19. The highest BCUT2D eigenvalue weighted by Crippen LogP contribution is 2.26. The van der Waals surface area contributed by atoms with Crippen LogP contribution < -0.4 is 5.32 Å². The van der Waals surface area contributed by atoms with Gasteiger partial charge in [0, 0.05) is 19.1 Å². The van der Waals surface area contributed by atoms with Crippen molar-refractivity contribution < 1.29 is 13.2 Å². The Kier molecular flexibility index (Phi) is 6.00. The highest BCUT2D eigenvalue weighted by atomic mass is 32.2. The molecule has 1 saturated heterocycles. The topological polar surface area (TPSA) is 66.5 Å². The molecule has 1 fully saturated rings. The van der Waals surface area contributed by atoms with Crippen LogP contribution in [0.3, 0.4) is 0 Å².